The average Bonchev–Trinajstić information content (AvgIpc) is 3.00. The topological polar surface area (TPSA) is 57.4 Å². The van der Waals surface area contributed by atoms with Crippen molar-refractivity contribution in [2.75, 3.05) is 12.3 Å². The fourth-order valence-electron chi connectivity index (χ4n) is 4.20. The SMILES string of the molecule is NCCSC1(OCc2ccc3ccc(Cl)cc3n2)C=CC2=C(Cc3ccccc3CO2)C1. The Morgan fingerprint density at radius 2 is 1.97 bits per heavy atom. The fraction of sp³-hybridized carbons (Fsp3) is 0.269. The standard InChI is InChI=1S/C26H25ClN2O2S/c27-22-7-5-18-6-8-23(29-24(18)14-22)17-31-26(32-12-11-28)10-9-25-21(15-26)13-19-3-1-2-4-20(19)16-30-25/h1-10,14H,11-13,15-17,28H2. The molecule has 1 atom stereocenters. The van der Waals surface area contributed by atoms with Gasteiger partial charge in [0, 0.05) is 29.1 Å². The number of nitrogens with two attached hydrogens (primary N) is 1. The summed E-state index contributed by atoms with van der Waals surface area (Å²) in [6, 6.07) is 18.3. The molecule has 2 aliphatic rings. The van der Waals surface area contributed by atoms with Crippen LogP contribution in [0.15, 0.2) is 78.1 Å². The van der Waals surface area contributed by atoms with Gasteiger partial charge in [-0.15, -0.1) is 11.8 Å². The minimum atomic E-state index is -0.494. The van der Waals surface area contributed by atoms with Crippen LogP contribution in [-0.4, -0.2) is 22.2 Å². The maximum Gasteiger partial charge on any atom is 0.137 e. The van der Waals surface area contributed by atoms with Crippen LogP contribution in [0.1, 0.15) is 23.2 Å². The summed E-state index contributed by atoms with van der Waals surface area (Å²) in [5.74, 6) is 1.78. The van der Waals surface area contributed by atoms with Gasteiger partial charge in [0.2, 0.25) is 0 Å². The molecule has 3 aromatic rings. The van der Waals surface area contributed by atoms with E-state index in [0.29, 0.717) is 24.8 Å². The van der Waals surface area contributed by atoms with Gasteiger partial charge in [-0.3, -0.25) is 4.98 Å². The molecule has 0 amide bonds. The number of fused-ring (bicyclic) bond motifs is 2. The molecule has 0 saturated carbocycles. The van der Waals surface area contributed by atoms with Gasteiger partial charge in [-0.05, 0) is 53.5 Å². The van der Waals surface area contributed by atoms with Crippen LogP contribution in [0.5, 0.6) is 0 Å². The second kappa shape index (κ2) is 9.28. The Kier molecular flexibility index (Phi) is 6.24. The molecule has 5 rings (SSSR count). The Bertz CT molecular complexity index is 1210. The van der Waals surface area contributed by atoms with Crippen molar-refractivity contribution < 1.29 is 9.47 Å². The van der Waals surface area contributed by atoms with Crippen molar-refractivity contribution in [2.45, 2.75) is 31.0 Å². The minimum Gasteiger partial charge on any atom is -0.489 e. The third-order valence-corrected chi connectivity index (χ3v) is 7.40. The molecule has 2 N–H and O–H groups in total. The van der Waals surface area contributed by atoms with Crippen LogP contribution in [-0.2, 0) is 29.1 Å². The zero-order valence-electron chi connectivity index (χ0n) is 17.7. The zero-order chi connectivity index (χ0) is 22.0. The van der Waals surface area contributed by atoms with Crippen molar-refractivity contribution in [3.8, 4) is 0 Å². The van der Waals surface area contributed by atoms with E-state index in [1.54, 1.807) is 11.8 Å². The number of ether oxygens (including phenoxy) is 2. The van der Waals surface area contributed by atoms with Crippen molar-refractivity contribution in [3.05, 3.63) is 99.9 Å². The molecule has 0 fully saturated rings. The highest BCUT2D eigenvalue weighted by Gasteiger charge is 2.35. The molecule has 1 unspecified atom stereocenters. The molecular weight excluding hydrogens is 440 g/mol. The number of benzene rings is 2. The summed E-state index contributed by atoms with van der Waals surface area (Å²) in [4.78, 5) is 4.26. The lowest BCUT2D eigenvalue weighted by atomic mass is 9.93. The second-order valence-electron chi connectivity index (χ2n) is 8.09. The molecule has 164 valence electrons. The molecule has 0 radical (unpaired) electrons. The van der Waals surface area contributed by atoms with E-state index in [0.717, 1.165) is 41.0 Å². The van der Waals surface area contributed by atoms with Gasteiger partial charge < -0.3 is 15.2 Å². The Morgan fingerprint density at radius 1 is 1.12 bits per heavy atom. The van der Waals surface area contributed by atoms with Crippen LogP contribution in [0.4, 0.5) is 0 Å². The van der Waals surface area contributed by atoms with E-state index in [2.05, 4.69) is 42.5 Å². The highest BCUT2D eigenvalue weighted by atomic mass is 35.5. The number of rotatable bonds is 6. The molecule has 4 nitrogen and oxygen atoms in total. The molecule has 6 heteroatoms. The first kappa shape index (κ1) is 21.5. The van der Waals surface area contributed by atoms with E-state index in [9.17, 15) is 0 Å². The predicted molar refractivity (Wildman–Crippen MR) is 132 cm³/mol. The lowest BCUT2D eigenvalue weighted by Crippen LogP contribution is -2.31. The molecule has 1 aliphatic heterocycles. The molecule has 0 saturated heterocycles. The van der Waals surface area contributed by atoms with E-state index < -0.39 is 4.93 Å². The Hall–Kier alpha value is -2.31. The number of pyridine rings is 1. The van der Waals surface area contributed by atoms with Crippen LogP contribution >= 0.6 is 23.4 Å². The van der Waals surface area contributed by atoms with Gasteiger partial charge in [-0.2, -0.15) is 0 Å². The van der Waals surface area contributed by atoms with Crippen molar-refractivity contribution in [3.63, 3.8) is 0 Å². The number of hydrogen-bond acceptors (Lipinski definition) is 5. The average molecular weight is 465 g/mol. The maximum absolute atomic E-state index is 6.55. The fourth-order valence-corrected chi connectivity index (χ4v) is 5.41. The monoisotopic (exact) mass is 464 g/mol. The summed E-state index contributed by atoms with van der Waals surface area (Å²) in [7, 11) is 0. The molecule has 0 spiro atoms. The van der Waals surface area contributed by atoms with Crippen LogP contribution in [0.2, 0.25) is 5.02 Å². The van der Waals surface area contributed by atoms with Crippen LogP contribution in [0.3, 0.4) is 0 Å². The van der Waals surface area contributed by atoms with E-state index in [-0.39, 0.29) is 0 Å². The van der Waals surface area contributed by atoms with Crippen LogP contribution in [0.25, 0.3) is 10.9 Å². The summed E-state index contributed by atoms with van der Waals surface area (Å²) in [5, 5.41) is 1.74. The number of aromatic nitrogens is 1. The maximum atomic E-state index is 6.55. The quantitative estimate of drug-likeness (QED) is 0.468. The van der Waals surface area contributed by atoms with Gasteiger partial charge in [0.1, 0.15) is 17.3 Å². The third kappa shape index (κ3) is 4.57. The number of hydrogen-bond donors (Lipinski definition) is 1. The number of nitrogens with zero attached hydrogens (tertiary/aromatic N) is 1. The van der Waals surface area contributed by atoms with E-state index in [1.807, 2.05) is 24.3 Å². The van der Waals surface area contributed by atoms with E-state index in [4.69, 9.17) is 31.8 Å². The third-order valence-electron chi connectivity index (χ3n) is 5.84. The van der Waals surface area contributed by atoms with Gasteiger partial charge >= 0.3 is 0 Å². The van der Waals surface area contributed by atoms with Gasteiger partial charge in [-0.1, -0.05) is 48.0 Å². The van der Waals surface area contributed by atoms with E-state index >= 15 is 0 Å². The lowest BCUT2D eigenvalue weighted by molar-refractivity contribution is 0.0415. The zero-order valence-corrected chi connectivity index (χ0v) is 19.3. The largest absolute Gasteiger partial charge is 0.489 e. The molecule has 1 aromatic heterocycles. The molecule has 2 heterocycles. The number of halogens is 1. The number of allylic oxidation sites excluding steroid dienone is 1. The molecule has 0 bridgehead atoms. The summed E-state index contributed by atoms with van der Waals surface area (Å²) < 4.78 is 12.7. The minimum absolute atomic E-state index is 0.407. The Labute approximate surface area is 197 Å². The van der Waals surface area contributed by atoms with Crippen LogP contribution < -0.4 is 5.73 Å². The van der Waals surface area contributed by atoms with Crippen LogP contribution in [0, 0.1) is 0 Å². The highest BCUT2D eigenvalue weighted by molar-refractivity contribution is 8.00. The van der Waals surface area contributed by atoms with Crippen molar-refractivity contribution in [1.29, 1.82) is 0 Å². The Morgan fingerprint density at radius 3 is 2.84 bits per heavy atom. The lowest BCUT2D eigenvalue weighted by Gasteiger charge is -2.34. The van der Waals surface area contributed by atoms with Crippen molar-refractivity contribution in [1.82, 2.24) is 4.98 Å². The highest BCUT2D eigenvalue weighted by Crippen LogP contribution is 2.42. The molecule has 1 aliphatic carbocycles. The van der Waals surface area contributed by atoms with Gasteiger partial charge in [-0.25, -0.2) is 0 Å². The number of thioether (sulfide) groups is 1. The van der Waals surface area contributed by atoms with Gasteiger partial charge in [0.15, 0.2) is 0 Å². The Balaban J connectivity index is 1.38. The second-order valence-corrected chi connectivity index (χ2v) is 9.91. The first-order valence-electron chi connectivity index (χ1n) is 10.8. The summed E-state index contributed by atoms with van der Waals surface area (Å²) in [5.41, 5.74) is 11.4. The predicted octanol–water partition coefficient (Wildman–Crippen LogP) is 5.78. The summed E-state index contributed by atoms with van der Waals surface area (Å²) in [6.07, 6.45) is 5.83. The first-order chi connectivity index (χ1) is 15.6. The van der Waals surface area contributed by atoms with Gasteiger partial charge in [0.25, 0.3) is 0 Å². The molecular formula is C26H25ClN2O2S. The van der Waals surface area contributed by atoms with Crippen molar-refractivity contribution >= 4 is 34.3 Å². The summed E-state index contributed by atoms with van der Waals surface area (Å²) >= 11 is 7.89. The molecule has 2 aromatic carbocycles. The first-order valence-corrected chi connectivity index (χ1v) is 12.1. The van der Waals surface area contributed by atoms with Gasteiger partial charge in [0.05, 0.1) is 17.8 Å². The van der Waals surface area contributed by atoms with Crippen molar-refractivity contribution in [2.24, 2.45) is 5.73 Å². The normalized spacial score (nSPS) is 19.9. The summed E-state index contributed by atoms with van der Waals surface area (Å²) in [6.45, 7) is 1.61. The van der Waals surface area contributed by atoms with E-state index in [1.165, 1.54) is 16.7 Å². The molecule has 32 heavy (non-hydrogen) atoms. The smallest absolute Gasteiger partial charge is 0.137 e.